The Morgan fingerprint density at radius 3 is 2.74 bits per heavy atom. The smallest absolute Gasteiger partial charge is 0.205 e. The van der Waals surface area contributed by atoms with E-state index in [1.54, 1.807) is 23.1 Å². The molecule has 3 heterocycles. The summed E-state index contributed by atoms with van der Waals surface area (Å²) in [6.07, 6.45) is 2.01. The molecule has 3 aromatic heterocycles. The van der Waals surface area contributed by atoms with E-state index in [0.717, 1.165) is 31.5 Å². The molecule has 23 heavy (non-hydrogen) atoms. The molecule has 5 heteroatoms. The van der Waals surface area contributed by atoms with E-state index >= 15 is 0 Å². The van der Waals surface area contributed by atoms with Gasteiger partial charge >= 0.3 is 0 Å². The SMILES string of the molecule is CCSc1sc(C(=O)c2ccccc2)c2nc3ccccn3c12. The summed E-state index contributed by atoms with van der Waals surface area (Å²) in [5.41, 5.74) is 3.45. The molecule has 0 N–H and O–H groups in total. The van der Waals surface area contributed by atoms with Gasteiger partial charge in [0.25, 0.3) is 0 Å². The second kappa shape index (κ2) is 5.83. The van der Waals surface area contributed by atoms with E-state index in [0.29, 0.717) is 5.56 Å². The van der Waals surface area contributed by atoms with Gasteiger partial charge in [0.2, 0.25) is 5.78 Å². The summed E-state index contributed by atoms with van der Waals surface area (Å²) in [4.78, 5) is 18.3. The Morgan fingerprint density at radius 2 is 1.96 bits per heavy atom. The van der Waals surface area contributed by atoms with Crippen LogP contribution in [0.5, 0.6) is 0 Å². The van der Waals surface area contributed by atoms with Gasteiger partial charge in [-0.15, -0.1) is 23.1 Å². The minimum atomic E-state index is 0.0481. The number of thioether (sulfide) groups is 1. The van der Waals surface area contributed by atoms with Gasteiger partial charge in [0.05, 0.1) is 9.73 Å². The highest BCUT2D eigenvalue weighted by molar-refractivity contribution is 8.01. The van der Waals surface area contributed by atoms with Gasteiger partial charge in [-0.1, -0.05) is 43.3 Å². The van der Waals surface area contributed by atoms with Crippen molar-refractivity contribution in [2.45, 2.75) is 11.1 Å². The monoisotopic (exact) mass is 338 g/mol. The number of fused-ring (bicyclic) bond motifs is 3. The lowest BCUT2D eigenvalue weighted by Crippen LogP contribution is -1.98. The van der Waals surface area contributed by atoms with Gasteiger partial charge in [0, 0.05) is 11.8 Å². The van der Waals surface area contributed by atoms with E-state index < -0.39 is 0 Å². The largest absolute Gasteiger partial charge is 0.298 e. The summed E-state index contributed by atoms with van der Waals surface area (Å²) in [7, 11) is 0. The average molecular weight is 338 g/mol. The zero-order chi connectivity index (χ0) is 15.8. The van der Waals surface area contributed by atoms with Gasteiger partial charge in [-0.05, 0) is 17.9 Å². The molecule has 114 valence electrons. The number of rotatable bonds is 4. The number of hydrogen-bond donors (Lipinski definition) is 0. The predicted molar refractivity (Wildman–Crippen MR) is 96.8 cm³/mol. The number of ketones is 1. The number of carbonyl (C=O) groups excluding carboxylic acids is 1. The molecule has 0 aliphatic rings. The minimum absolute atomic E-state index is 0.0481. The van der Waals surface area contributed by atoms with Crippen molar-refractivity contribution in [1.82, 2.24) is 9.38 Å². The molecule has 0 unspecified atom stereocenters. The summed E-state index contributed by atoms with van der Waals surface area (Å²) in [6, 6.07) is 15.4. The fraction of sp³-hybridized carbons (Fsp3) is 0.111. The highest BCUT2D eigenvalue weighted by Crippen LogP contribution is 2.39. The number of pyridine rings is 1. The molecule has 0 saturated carbocycles. The summed E-state index contributed by atoms with van der Waals surface area (Å²) in [5, 5.41) is 0. The summed E-state index contributed by atoms with van der Waals surface area (Å²) >= 11 is 3.32. The molecule has 0 spiro atoms. The van der Waals surface area contributed by atoms with Gasteiger partial charge in [-0.3, -0.25) is 9.20 Å². The van der Waals surface area contributed by atoms with Crippen LogP contribution in [-0.2, 0) is 0 Å². The van der Waals surface area contributed by atoms with Gasteiger partial charge in [0.15, 0.2) is 0 Å². The van der Waals surface area contributed by atoms with Crippen LogP contribution in [0.15, 0.2) is 58.9 Å². The third kappa shape index (κ3) is 2.36. The summed E-state index contributed by atoms with van der Waals surface area (Å²) in [5.74, 6) is 1.02. The third-order valence-electron chi connectivity index (χ3n) is 3.65. The highest BCUT2D eigenvalue weighted by atomic mass is 32.2. The van der Waals surface area contributed by atoms with Crippen LogP contribution in [0.4, 0.5) is 0 Å². The molecule has 4 rings (SSSR count). The Labute approximate surface area is 142 Å². The lowest BCUT2D eigenvalue weighted by Gasteiger charge is -1.98. The normalized spacial score (nSPS) is 11.3. The summed E-state index contributed by atoms with van der Waals surface area (Å²) in [6.45, 7) is 2.12. The molecule has 0 atom stereocenters. The molecule has 0 aliphatic heterocycles. The molecule has 1 aromatic carbocycles. The second-order valence-electron chi connectivity index (χ2n) is 5.08. The maximum Gasteiger partial charge on any atom is 0.205 e. The number of carbonyl (C=O) groups is 1. The quantitative estimate of drug-likeness (QED) is 0.392. The number of benzene rings is 1. The Balaban J connectivity index is 1.98. The predicted octanol–water partition coefficient (Wildman–Crippen LogP) is 4.89. The lowest BCUT2D eigenvalue weighted by atomic mass is 10.1. The Hall–Kier alpha value is -2.11. The van der Waals surface area contributed by atoms with E-state index in [9.17, 15) is 4.79 Å². The fourth-order valence-electron chi connectivity index (χ4n) is 2.64. The Bertz CT molecular complexity index is 1000. The van der Waals surface area contributed by atoms with Gasteiger partial charge in [-0.2, -0.15) is 0 Å². The van der Waals surface area contributed by atoms with E-state index in [2.05, 4.69) is 11.3 Å². The highest BCUT2D eigenvalue weighted by Gasteiger charge is 2.22. The first-order valence-corrected chi connectivity index (χ1v) is 9.22. The molecule has 0 radical (unpaired) electrons. The van der Waals surface area contributed by atoms with Gasteiger partial charge < -0.3 is 0 Å². The first kappa shape index (κ1) is 14.5. The average Bonchev–Trinajstić information content (AvgIpc) is 3.13. The van der Waals surface area contributed by atoms with Crippen molar-refractivity contribution in [3.63, 3.8) is 0 Å². The molecular formula is C18H14N2OS2. The molecule has 0 saturated heterocycles. The molecule has 0 amide bonds. The maximum atomic E-state index is 12.9. The standard InChI is InChI=1S/C18H14N2OS2/c1-2-22-18-15-14(19-13-10-6-7-11-20(13)15)17(23-18)16(21)12-8-4-3-5-9-12/h3-11H,2H2,1H3. The first-order valence-electron chi connectivity index (χ1n) is 7.41. The summed E-state index contributed by atoms with van der Waals surface area (Å²) < 4.78 is 3.23. The molecule has 0 fully saturated rings. The topological polar surface area (TPSA) is 34.4 Å². The zero-order valence-electron chi connectivity index (χ0n) is 12.5. The van der Waals surface area contributed by atoms with E-state index in [1.807, 2.05) is 54.7 Å². The van der Waals surface area contributed by atoms with Crippen LogP contribution < -0.4 is 0 Å². The van der Waals surface area contributed by atoms with Crippen LogP contribution in [0.3, 0.4) is 0 Å². The second-order valence-corrected chi connectivity index (χ2v) is 7.64. The number of imidazole rings is 1. The van der Waals surface area contributed by atoms with Gasteiger partial charge in [0.1, 0.15) is 16.0 Å². The lowest BCUT2D eigenvalue weighted by molar-refractivity contribution is 0.104. The Morgan fingerprint density at radius 1 is 1.17 bits per heavy atom. The number of thiophene rings is 1. The third-order valence-corrected chi connectivity index (χ3v) is 5.96. The fourth-order valence-corrected chi connectivity index (χ4v) is 5.00. The van der Waals surface area contributed by atoms with Crippen molar-refractivity contribution in [2.24, 2.45) is 0 Å². The maximum absolute atomic E-state index is 12.9. The Kier molecular flexibility index (Phi) is 3.67. The van der Waals surface area contributed by atoms with Crippen molar-refractivity contribution in [3.8, 4) is 0 Å². The van der Waals surface area contributed by atoms with Gasteiger partial charge in [-0.25, -0.2) is 4.98 Å². The van der Waals surface area contributed by atoms with Crippen molar-refractivity contribution < 1.29 is 4.79 Å². The van der Waals surface area contributed by atoms with Crippen LogP contribution in [-0.4, -0.2) is 20.9 Å². The molecule has 3 nitrogen and oxygen atoms in total. The number of nitrogens with zero attached hydrogens (tertiary/aromatic N) is 2. The molecular weight excluding hydrogens is 324 g/mol. The van der Waals surface area contributed by atoms with Crippen LogP contribution >= 0.6 is 23.1 Å². The van der Waals surface area contributed by atoms with Crippen LogP contribution in [0, 0.1) is 0 Å². The van der Waals surface area contributed by atoms with Crippen LogP contribution in [0.25, 0.3) is 16.7 Å². The van der Waals surface area contributed by atoms with Crippen molar-refractivity contribution in [3.05, 3.63) is 65.2 Å². The van der Waals surface area contributed by atoms with E-state index in [4.69, 9.17) is 4.98 Å². The number of aromatic nitrogens is 2. The van der Waals surface area contributed by atoms with Crippen LogP contribution in [0.1, 0.15) is 22.2 Å². The van der Waals surface area contributed by atoms with E-state index in [1.165, 1.54) is 0 Å². The van der Waals surface area contributed by atoms with E-state index in [-0.39, 0.29) is 5.78 Å². The molecule has 0 bridgehead atoms. The van der Waals surface area contributed by atoms with Crippen molar-refractivity contribution in [2.75, 3.05) is 5.75 Å². The molecule has 4 aromatic rings. The van der Waals surface area contributed by atoms with Crippen molar-refractivity contribution in [1.29, 1.82) is 0 Å². The van der Waals surface area contributed by atoms with Crippen molar-refractivity contribution >= 4 is 45.6 Å². The minimum Gasteiger partial charge on any atom is -0.298 e. The molecule has 0 aliphatic carbocycles. The van der Waals surface area contributed by atoms with Crippen LogP contribution in [0.2, 0.25) is 0 Å². The number of hydrogen-bond acceptors (Lipinski definition) is 4. The zero-order valence-corrected chi connectivity index (χ0v) is 14.2. The first-order chi connectivity index (χ1) is 11.3.